The lowest BCUT2D eigenvalue weighted by Gasteiger charge is -2.19. The summed E-state index contributed by atoms with van der Waals surface area (Å²) in [5.74, 6) is -2.97. The van der Waals surface area contributed by atoms with Gasteiger partial charge < -0.3 is 20.3 Å². The van der Waals surface area contributed by atoms with Crippen molar-refractivity contribution in [2.75, 3.05) is 19.4 Å². The summed E-state index contributed by atoms with van der Waals surface area (Å²) in [5, 5.41) is 12.7. The second-order valence-electron chi connectivity index (χ2n) is 8.37. The number of fused-ring (bicyclic) bond motifs is 1. The molecule has 0 fully saturated rings. The maximum absolute atomic E-state index is 15.6. The highest BCUT2D eigenvalue weighted by Gasteiger charge is 2.25. The molecular weight excluding hydrogens is 462 g/mol. The van der Waals surface area contributed by atoms with Crippen molar-refractivity contribution in [2.45, 2.75) is 26.4 Å². The Morgan fingerprint density at radius 1 is 1.26 bits per heavy atom. The first kappa shape index (κ1) is 23.7. The SMILES string of the molecule is CC(Nc1nc(-c2c[nH]c3ncc(F)cc23)nc(-c2ccc(CN(C)C)s2)c1F)C(C)C(=O)O. The van der Waals surface area contributed by atoms with E-state index in [0.717, 1.165) is 11.1 Å². The van der Waals surface area contributed by atoms with E-state index in [1.54, 1.807) is 19.2 Å². The number of aromatic nitrogens is 4. The predicted octanol–water partition coefficient (Wildman–Crippen LogP) is 4.61. The Labute approximate surface area is 198 Å². The second-order valence-corrected chi connectivity index (χ2v) is 9.54. The Kier molecular flexibility index (Phi) is 6.58. The van der Waals surface area contributed by atoms with E-state index in [1.807, 2.05) is 25.1 Å². The molecule has 4 aromatic heterocycles. The van der Waals surface area contributed by atoms with Gasteiger partial charge in [0.15, 0.2) is 17.5 Å². The van der Waals surface area contributed by atoms with Crippen molar-refractivity contribution < 1.29 is 18.7 Å². The summed E-state index contributed by atoms with van der Waals surface area (Å²) in [5.41, 5.74) is 0.976. The van der Waals surface area contributed by atoms with E-state index >= 15 is 4.39 Å². The van der Waals surface area contributed by atoms with E-state index in [2.05, 4.69) is 25.3 Å². The lowest BCUT2D eigenvalue weighted by Crippen LogP contribution is -2.30. The van der Waals surface area contributed by atoms with Gasteiger partial charge in [-0.1, -0.05) is 0 Å². The first-order chi connectivity index (χ1) is 16.1. The Hall–Kier alpha value is -3.44. The van der Waals surface area contributed by atoms with Crippen LogP contribution in [0, 0.1) is 17.6 Å². The van der Waals surface area contributed by atoms with Gasteiger partial charge in [-0.15, -0.1) is 11.3 Å². The summed E-state index contributed by atoms with van der Waals surface area (Å²) < 4.78 is 29.5. The van der Waals surface area contributed by atoms with Crippen LogP contribution in [0.1, 0.15) is 18.7 Å². The van der Waals surface area contributed by atoms with Crippen molar-refractivity contribution in [3.05, 3.63) is 47.1 Å². The number of thiophene rings is 1. The van der Waals surface area contributed by atoms with Crippen LogP contribution in [0.5, 0.6) is 0 Å². The fraction of sp³-hybridized carbons (Fsp3) is 0.304. The molecule has 0 amide bonds. The summed E-state index contributed by atoms with van der Waals surface area (Å²) in [4.78, 5) is 30.9. The number of hydrogen-bond acceptors (Lipinski definition) is 7. The number of carbonyl (C=O) groups is 1. The summed E-state index contributed by atoms with van der Waals surface area (Å²) in [6, 6.07) is 4.40. The fourth-order valence-electron chi connectivity index (χ4n) is 3.45. The zero-order valence-electron chi connectivity index (χ0n) is 19.1. The molecule has 0 saturated heterocycles. The maximum Gasteiger partial charge on any atom is 0.308 e. The minimum Gasteiger partial charge on any atom is -0.481 e. The Bertz CT molecular complexity index is 1350. The molecule has 0 aromatic carbocycles. The third-order valence-electron chi connectivity index (χ3n) is 5.46. The molecule has 0 saturated carbocycles. The zero-order valence-corrected chi connectivity index (χ0v) is 19.9. The molecule has 0 bridgehead atoms. The van der Waals surface area contributed by atoms with E-state index in [9.17, 15) is 14.3 Å². The summed E-state index contributed by atoms with van der Waals surface area (Å²) in [6.07, 6.45) is 2.69. The highest BCUT2D eigenvalue weighted by molar-refractivity contribution is 7.15. The molecule has 0 aliphatic carbocycles. The number of rotatable bonds is 8. The number of carboxylic acids is 1. The van der Waals surface area contributed by atoms with Crippen LogP contribution in [-0.4, -0.2) is 56.0 Å². The van der Waals surface area contributed by atoms with Gasteiger partial charge in [-0.3, -0.25) is 4.79 Å². The van der Waals surface area contributed by atoms with Crippen molar-refractivity contribution in [2.24, 2.45) is 5.92 Å². The van der Waals surface area contributed by atoms with E-state index in [0.29, 0.717) is 28.0 Å². The number of nitrogens with zero attached hydrogens (tertiary/aromatic N) is 4. The molecule has 4 heterocycles. The second kappa shape index (κ2) is 9.43. The lowest BCUT2D eigenvalue weighted by atomic mass is 10.0. The van der Waals surface area contributed by atoms with E-state index < -0.39 is 29.6 Å². The fourth-order valence-corrected chi connectivity index (χ4v) is 4.56. The van der Waals surface area contributed by atoms with Gasteiger partial charge in [-0.2, -0.15) is 0 Å². The van der Waals surface area contributed by atoms with Crippen LogP contribution >= 0.6 is 11.3 Å². The number of aliphatic carboxylic acids is 1. The van der Waals surface area contributed by atoms with Crippen LogP contribution in [0.15, 0.2) is 30.6 Å². The van der Waals surface area contributed by atoms with Crippen molar-refractivity contribution in [3.63, 3.8) is 0 Å². The molecule has 2 atom stereocenters. The van der Waals surface area contributed by atoms with E-state index in [1.165, 1.54) is 24.3 Å². The smallest absolute Gasteiger partial charge is 0.308 e. The normalized spacial score (nSPS) is 13.4. The average Bonchev–Trinajstić information content (AvgIpc) is 3.40. The molecule has 3 N–H and O–H groups in total. The molecule has 2 unspecified atom stereocenters. The summed E-state index contributed by atoms with van der Waals surface area (Å²) >= 11 is 1.41. The highest BCUT2D eigenvalue weighted by Crippen LogP contribution is 2.35. The van der Waals surface area contributed by atoms with Crippen LogP contribution in [0.25, 0.3) is 33.0 Å². The van der Waals surface area contributed by atoms with Gasteiger partial charge in [0.1, 0.15) is 17.2 Å². The monoisotopic (exact) mass is 486 g/mol. The van der Waals surface area contributed by atoms with Crippen molar-refractivity contribution in [1.82, 2.24) is 24.8 Å². The molecule has 0 spiro atoms. The molecule has 11 heteroatoms. The first-order valence-electron chi connectivity index (χ1n) is 10.6. The molecule has 0 aliphatic heterocycles. The Morgan fingerprint density at radius 2 is 2.03 bits per heavy atom. The standard InChI is InChI=1S/C23H24F2N6O2S/c1-11(23(32)33)12(2)28-22-18(25)19(17-6-5-14(34-17)10-31(3)4)29-21(30-22)16-9-27-20-15(16)7-13(24)8-26-20/h5-9,11-12H,10H2,1-4H3,(H,26,27)(H,32,33)(H,28,29,30). The first-order valence-corrected chi connectivity index (χ1v) is 11.4. The van der Waals surface area contributed by atoms with Gasteiger partial charge in [-0.05, 0) is 46.1 Å². The number of H-pyrrole nitrogens is 1. The predicted molar refractivity (Wildman–Crippen MR) is 128 cm³/mol. The van der Waals surface area contributed by atoms with Crippen molar-refractivity contribution >= 4 is 34.2 Å². The maximum atomic E-state index is 15.6. The number of anilines is 1. The number of pyridine rings is 1. The minimum atomic E-state index is -1.01. The Morgan fingerprint density at radius 3 is 2.74 bits per heavy atom. The number of hydrogen-bond donors (Lipinski definition) is 3. The van der Waals surface area contributed by atoms with Crippen LogP contribution in [0.2, 0.25) is 0 Å². The molecule has 0 aliphatic rings. The molecule has 0 radical (unpaired) electrons. The summed E-state index contributed by atoms with van der Waals surface area (Å²) in [7, 11) is 3.89. The van der Waals surface area contributed by atoms with Crippen LogP contribution in [-0.2, 0) is 11.3 Å². The number of carboxylic acid groups (broad SMARTS) is 1. The van der Waals surface area contributed by atoms with E-state index in [-0.39, 0.29) is 17.3 Å². The molecule has 178 valence electrons. The number of aromatic amines is 1. The molecular formula is C23H24F2N6O2S. The van der Waals surface area contributed by atoms with Crippen LogP contribution in [0.3, 0.4) is 0 Å². The molecule has 4 aromatic rings. The quantitative estimate of drug-likeness (QED) is 0.334. The van der Waals surface area contributed by atoms with Gasteiger partial charge in [0.2, 0.25) is 0 Å². The number of nitrogens with one attached hydrogen (secondary N) is 2. The zero-order chi connectivity index (χ0) is 24.6. The largest absolute Gasteiger partial charge is 0.481 e. The van der Waals surface area contributed by atoms with Gasteiger partial charge >= 0.3 is 5.97 Å². The lowest BCUT2D eigenvalue weighted by molar-refractivity contribution is -0.141. The van der Waals surface area contributed by atoms with Gasteiger partial charge in [0.05, 0.1) is 17.0 Å². The topological polar surface area (TPSA) is 107 Å². The third kappa shape index (κ3) is 4.75. The highest BCUT2D eigenvalue weighted by atomic mass is 32.1. The van der Waals surface area contributed by atoms with Crippen molar-refractivity contribution in [1.29, 1.82) is 0 Å². The van der Waals surface area contributed by atoms with Gasteiger partial charge in [0.25, 0.3) is 0 Å². The molecule has 34 heavy (non-hydrogen) atoms. The minimum absolute atomic E-state index is 0.0800. The van der Waals surface area contributed by atoms with Gasteiger partial charge in [0, 0.05) is 34.6 Å². The number of halogens is 2. The van der Waals surface area contributed by atoms with Crippen molar-refractivity contribution in [3.8, 4) is 22.0 Å². The van der Waals surface area contributed by atoms with Crippen LogP contribution < -0.4 is 5.32 Å². The third-order valence-corrected chi connectivity index (χ3v) is 6.54. The molecule has 4 rings (SSSR count). The Balaban J connectivity index is 1.85. The average molecular weight is 487 g/mol. The molecule has 8 nitrogen and oxygen atoms in total. The van der Waals surface area contributed by atoms with Gasteiger partial charge in [-0.25, -0.2) is 23.7 Å². The van der Waals surface area contributed by atoms with E-state index in [4.69, 9.17) is 0 Å². The summed E-state index contributed by atoms with van der Waals surface area (Å²) in [6.45, 7) is 3.86. The van der Waals surface area contributed by atoms with Crippen LogP contribution in [0.4, 0.5) is 14.6 Å².